The molecule has 31 heavy (non-hydrogen) atoms. The molecule has 0 unspecified atom stereocenters. The normalized spacial score (nSPS) is 12.1. The van der Waals surface area contributed by atoms with Crippen LogP contribution in [0.25, 0.3) is 21.9 Å². The molecule has 3 heteroatoms. The fourth-order valence-electron chi connectivity index (χ4n) is 4.47. The number of rotatable bonds is 13. The molecule has 0 aliphatic heterocycles. The first kappa shape index (κ1) is 24.8. The molecule has 2 aromatic heterocycles. The molecule has 1 aromatic carbocycles. The Bertz CT molecular complexity index is 881. The summed E-state index contributed by atoms with van der Waals surface area (Å²) in [7, 11) is 0. The average Bonchev–Trinajstić information content (AvgIpc) is 3.50. The second-order valence-corrected chi connectivity index (χ2v) is 24.0. The van der Waals surface area contributed by atoms with Crippen LogP contribution in [0.3, 0.4) is 0 Å². The van der Waals surface area contributed by atoms with Crippen LogP contribution in [-0.4, -0.2) is 18.4 Å². The summed E-state index contributed by atoms with van der Waals surface area (Å²) >= 11 is 1.40. The van der Waals surface area contributed by atoms with Crippen molar-refractivity contribution >= 4 is 56.8 Å². The quantitative estimate of drug-likeness (QED) is 0.184. The molecular weight excluding hydrogens is 519 g/mol. The summed E-state index contributed by atoms with van der Waals surface area (Å²) in [5.41, 5.74) is 1.33. The number of hydrogen-bond donors (Lipinski definition) is 0. The first-order chi connectivity index (χ1) is 15.2. The molecule has 166 valence electrons. The number of benzene rings is 1. The molecule has 0 amide bonds. The van der Waals surface area contributed by atoms with Crippen molar-refractivity contribution in [2.24, 2.45) is 0 Å². The van der Waals surface area contributed by atoms with Gasteiger partial charge >= 0.3 is 203 Å². The van der Waals surface area contributed by atoms with Crippen LogP contribution < -0.4 is 3.58 Å². The Kier molecular flexibility index (Phi) is 10.4. The molecule has 0 aliphatic carbocycles. The van der Waals surface area contributed by atoms with Gasteiger partial charge in [-0.05, 0) is 0 Å². The van der Waals surface area contributed by atoms with Crippen molar-refractivity contribution in [3.05, 3.63) is 64.4 Å². The van der Waals surface area contributed by atoms with Crippen molar-refractivity contribution in [1.82, 2.24) is 0 Å². The van der Waals surface area contributed by atoms with Gasteiger partial charge in [0.25, 0.3) is 0 Å². The van der Waals surface area contributed by atoms with Crippen LogP contribution in [0, 0.1) is 0 Å². The Balaban J connectivity index is 1.75. The maximum absolute atomic E-state index is 2.52. The Hall–Kier alpha value is -0.841. The monoisotopic (exact) mass is 558 g/mol. The van der Waals surface area contributed by atoms with Crippen LogP contribution in [0.5, 0.6) is 0 Å². The van der Waals surface area contributed by atoms with Gasteiger partial charge in [-0.2, -0.15) is 0 Å². The van der Waals surface area contributed by atoms with E-state index < -0.39 is 18.4 Å². The summed E-state index contributed by atoms with van der Waals surface area (Å²) in [5.74, 6) is 0. The fourth-order valence-corrected chi connectivity index (χ4v) is 22.1. The van der Waals surface area contributed by atoms with Crippen molar-refractivity contribution < 1.29 is 0 Å². The first-order valence-corrected chi connectivity index (χ1v) is 21.3. The van der Waals surface area contributed by atoms with Crippen LogP contribution in [0.2, 0.25) is 13.3 Å². The Morgan fingerprint density at radius 3 is 1.90 bits per heavy atom. The molecule has 3 rings (SSSR count). The first-order valence-electron chi connectivity index (χ1n) is 12.1. The zero-order valence-corrected chi connectivity index (χ0v) is 24.0. The Morgan fingerprint density at radius 1 is 0.710 bits per heavy atom. The SMILES string of the molecule is CCC[CH2][Sn]([CH2]CCC)([CH2]CCC)[c]1ccc(/C=C/c2ccc(-c3cccs3)s2)cc1. The molecule has 0 atom stereocenters. The summed E-state index contributed by atoms with van der Waals surface area (Å²) < 4.78 is 6.40. The van der Waals surface area contributed by atoms with Gasteiger partial charge in [0.1, 0.15) is 0 Å². The van der Waals surface area contributed by atoms with Gasteiger partial charge in [0, 0.05) is 0 Å². The molecule has 0 spiro atoms. The summed E-state index contributed by atoms with van der Waals surface area (Å²) in [6.07, 6.45) is 12.9. The Morgan fingerprint density at radius 2 is 1.35 bits per heavy atom. The zero-order chi connectivity index (χ0) is 21.9. The van der Waals surface area contributed by atoms with Crippen LogP contribution in [-0.2, 0) is 0 Å². The third-order valence-electron chi connectivity index (χ3n) is 6.38. The van der Waals surface area contributed by atoms with Crippen LogP contribution in [0.1, 0.15) is 69.7 Å². The van der Waals surface area contributed by atoms with Gasteiger partial charge in [-0.3, -0.25) is 0 Å². The standard InChI is InChI=1S/C16H11S2.3C4H9.Sn/c1-2-5-13(6-3-1)8-9-14-10-11-16(18-14)15-7-4-12-17-15;3*1-3-4-2;/h2-12H;3*1,3-4H2,2H3;/b9-8+;;;;. The zero-order valence-electron chi connectivity index (χ0n) is 19.5. The van der Waals surface area contributed by atoms with E-state index in [1.165, 1.54) is 58.7 Å². The van der Waals surface area contributed by atoms with Gasteiger partial charge in [-0.1, -0.05) is 0 Å². The number of thiophene rings is 2. The molecule has 0 saturated heterocycles. The molecule has 2 heterocycles. The molecule has 3 aromatic rings. The third kappa shape index (κ3) is 7.07. The molecular formula is C28H38S2Sn. The van der Waals surface area contributed by atoms with Gasteiger partial charge in [0.15, 0.2) is 0 Å². The van der Waals surface area contributed by atoms with E-state index in [1.54, 1.807) is 16.9 Å². The van der Waals surface area contributed by atoms with Gasteiger partial charge in [0.2, 0.25) is 0 Å². The predicted molar refractivity (Wildman–Crippen MR) is 148 cm³/mol. The van der Waals surface area contributed by atoms with Crippen LogP contribution in [0.15, 0.2) is 53.9 Å². The van der Waals surface area contributed by atoms with E-state index in [-0.39, 0.29) is 0 Å². The van der Waals surface area contributed by atoms with Gasteiger partial charge in [0.05, 0.1) is 0 Å². The summed E-state index contributed by atoms with van der Waals surface area (Å²) in [5, 5.41) is 2.15. The van der Waals surface area contributed by atoms with E-state index in [2.05, 4.69) is 86.8 Å². The third-order valence-corrected chi connectivity index (χ3v) is 24.2. The maximum atomic E-state index is 2.52. The van der Waals surface area contributed by atoms with Gasteiger partial charge in [-0.25, -0.2) is 0 Å². The summed E-state index contributed by atoms with van der Waals surface area (Å²) in [4.78, 5) is 4.06. The van der Waals surface area contributed by atoms with Crippen molar-refractivity contribution in [1.29, 1.82) is 0 Å². The van der Waals surface area contributed by atoms with Crippen LogP contribution >= 0.6 is 22.7 Å². The predicted octanol–water partition coefficient (Wildman–Crippen LogP) is 9.70. The summed E-state index contributed by atoms with van der Waals surface area (Å²) in [6.45, 7) is 7.08. The molecule has 0 radical (unpaired) electrons. The number of unbranched alkanes of at least 4 members (excludes halogenated alkanes) is 3. The molecule has 0 N–H and O–H groups in total. The van der Waals surface area contributed by atoms with E-state index >= 15 is 0 Å². The van der Waals surface area contributed by atoms with E-state index in [0.29, 0.717) is 0 Å². The van der Waals surface area contributed by atoms with E-state index in [0.717, 1.165) is 0 Å². The fraction of sp³-hybridized carbons (Fsp3) is 0.429. The van der Waals surface area contributed by atoms with Crippen molar-refractivity contribution in [3.8, 4) is 9.75 Å². The molecule has 0 nitrogen and oxygen atoms in total. The van der Waals surface area contributed by atoms with E-state index in [9.17, 15) is 0 Å². The Labute approximate surface area is 202 Å². The van der Waals surface area contributed by atoms with Gasteiger partial charge in [-0.15, -0.1) is 0 Å². The second-order valence-electron chi connectivity index (χ2n) is 8.73. The van der Waals surface area contributed by atoms with E-state index in [1.807, 2.05) is 22.7 Å². The van der Waals surface area contributed by atoms with Crippen molar-refractivity contribution in [3.63, 3.8) is 0 Å². The van der Waals surface area contributed by atoms with Crippen molar-refractivity contribution in [2.75, 3.05) is 0 Å². The minimum atomic E-state index is -2.29. The topological polar surface area (TPSA) is 0 Å². The van der Waals surface area contributed by atoms with Crippen molar-refractivity contribution in [2.45, 2.75) is 72.6 Å². The van der Waals surface area contributed by atoms with E-state index in [4.69, 9.17) is 0 Å². The van der Waals surface area contributed by atoms with Gasteiger partial charge < -0.3 is 0 Å². The molecule has 0 bridgehead atoms. The molecule has 0 fully saturated rings. The summed E-state index contributed by atoms with van der Waals surface area (Å²) in [6, 6.07) is 18.6. The molecule has 0 aliphatic rings. The second kappa shape index (κ2) is 13.0. The molecule has 0 saturated carbocycles. The minimum absolute atomic E-state index is 1.33. The number of hydrogen-bond acceptors (Lipinski definition) is 2. The van der Waals surface area contributed by atoms with Crippen LogP contribution in [0.4, 0.5) is 0 Å². The average molecular weight is 557 g/mol.